The van der Waals surface area contributed by atoms with Crippen LogP contribution in [0.1, 0.15) is 37.3 Å². The molecule has 2 aliphatic rings. The largest absolute Gasteiger partial charge is 0.375 e. The number of piperidine rings is 1. The number of carbonyl (C=O) groups is 3. The number of pyridine rings is 1. The number of halogens is 1. The van der Waals surface area contributed by atoms with Crippen molar-refractivity contribution in [2.24, 2.45) is 0 Å². The SMILES string of the molecule is COCC(=O)N1CC[C@H](NC(=O)c2cc3ccc(Cl)cc3cn2)[C@@H](NC(=O)c2nc3c(s2)CN(C)CC3)C1. The number of nitrogens with zero attached hydrogens (tertiary/aromatic N) is 4. The van der Waals surface area contributed by atoms with Gasteiger partial charge in [-0.2, -0.15) is 0 Å². The van der Waals surface area contributed by atoms with Crippen LogP contribution in [0.15, 0.2) is 30.5 Å². The van der Waals surface area contributed by atoms with E-state index in [1.54, 1.807) is 29.3 Å². The van der Waals surface area contributed by atoms with E-state index in [0.29, 0.717) is 23.0 Å². The number of ether oxygens (including phenoxy) is 1. The Morgan fingerprint density at radius 1 is 1.13 bits per heavy atom. The van der Waals surface area contributed by atoms with E-state index >= 15 is 0 Å². The van der Waals surface area contributed by atoms with Gasteiger partial charge in [0.05, 0.1) is 17.8 Å². The lowest BCUT2D eigenvalue weighted by Crippen LogP contribution is -2.61. The summed E-state index contributed by atoms with van der Waals surface area (Å²) in [5.74, 6) is -0.826. The highest BCUT2D eigenvalue weighted by Crippen LogP contribution is 2.25. The number of thiazole rings is 1. The van der Waals surface area contributed by atoms with Crippen LogP contribution in [-0.4, -0.2) is 90.0 Å². The van der Waals surface area contributed by atoms with Gasteiger partial charge in [0.1, 0.15) is 12.3 Å². The maximum absolute atomic E-state index is 13.2. The molecule has 38 heavy (non-hydrogen) atoms. The number of aromatic nitrogens is 2. The molecule has 0 aliphatic carbocycles. The van der Waals surface area contributed by atoms with Crippen molar-refractivity contribution < 1.29 is 19.1 Å². The molecule has 12 heteroatoms. The summed E-state index contributed by atoms with van der Waals surface area (Å²) in [5, 5.41) is 8.73. The van der Waals surface area contributed by atoms with Crippen LogP contribution in [0, 0.1) is 0 Å². The molecule has 200 valence electrons. The molecule has 1 saturated heterocycles. The Labute approximate surface area is 229 Å². The first-order valence-electron chi connectivity index (χ1n) is 12.4. The monoisotopic (exact) mass is 556 g/mol. The average Bonchev–Trinajstić information content (AvgIpc) is 3.33. The van der Waals surface area contributed by atoms with Crippen LogP contribution in [0.4, 0.5) is 0 Å². The van der Waals surface area contributed by atoms with E-state index in [2.05, 4.69) is 25.5 Å². The van der Waals surface area contributed by atoms with Crippen molar-refractivity contribution in [2.75, 3.05) is 40.4 Å². The maximum Gasteiger partial charge on any atom is 0.280 e. The quantitative estimate of drug-likeness (QED) is 0.477. The van der Waals surface area contributed by atoms with Crippen molar-refractivity contribution in [3.05, 3.63) is 56.8 Å². The van der Waals surface area contributed by atoms with E-state index in [0.717, 1.165) is 40.9 Å². The normalized spacial score (nSPS) is 19.7. The second-order valence-electron chi connectivity index (χ2n) is 9.66. The van der Waals surface area contributed by atoms with Gasteiger partial charge in [-0.3, -0.25) is 19.4 Å². The highest BCUT2D eigenvalue weighted by molar-refractivity contribution is 7.13. The Morgan fingerprint density at radius 2 is 1.95 bits per heavy atom. The van der Waals surface area contributed by atoms with Crippen LogP contribution in [0.3, 0.4) is 0 Å². The first kappa shape index (κ1) is 26.5. The minimum Gasteiger partial charge on any atom is -0.375 e. The van der Waals surface area contributed by atoms with Gasteiger partial charge in [-0.1, -0.05) is 17.7 Å². The summed E-state index contributed by atoms with van der Waals surface area (Å²) in [6.07, 6.45) is 2.89. The van der Waals surface area contributed by atoms with Gasteiger partial charge in [-0.25, -0.2) is 4.98 Å². The molecule has 0 bridgehead atoms. The molecule has 1 fully saturated rings. The Morgan fingerprint density at radius 3 is 2.76 bits per heavy atom. The van der Waals surface area contributed by atoms with E-state index < -0.39 is 12.1 Å². The maximum atomic E-state index is 13.2. The third kappa shape index (κ3) is 5.80. The molecule has 2 aliphatic heterocycles. The van der Waals surface area contributed by atoms with Crippen molar-refractivity contribution in [3.8, 4) is 0 Å². The lowest BCUT2D eigenvalue weighted by molar-refractivity contribution is -0.136. The van der Waals surface area contributed by atoms with Gasteiger partial charge in [-0.15, -0.1) is 11.3 Å². The van der Waals surface area contributed by atoms with Crippen LogP contribution >= 0.6 is 22.9 Å². The number of hydrogen-bond acceptors (Lipinski definition) is 8. The third-order valence-corrected chi connectivity index (χ3v) is 8.22. The summed E-state index contributed by atoms with van der Waals surface area (Å²) in [6.45, 7) is 2.31. The van der Waals surface area contributed by atoms with E-state index in [1.165, 1.54) is 18.4 Å². The molecule has 5 rings (SSSR count). The number of methoxy groups -OCH3 is 1. The van der Waals surface area contributed by atoms with Gasteiger partial charge >= 0.3 is 0 Å². The van der Waals surface area contributed by atoms with E-state index in [4.69, 9.17) is 16.3 Å². The highest BCUT2D eigenvalue weighted by Gasteiger charge is 2.35. The molecule has 4 heterocycles. The van der Waals surface area contributed by atoms with Crippen LogP contribution in [-0.2, 0) is 22.5 Å². The molecular weight excluding hydrogens is 528 g/mol. The molecular formula is C26H29ClN6O4S. The second-order valence-corrected chi connectivity index (χ2v) is 11.2. The first-order valence-corrected chi connectivity index (χ1v) is 13.6. The third-order valence-electron chi connectivity index (χ3n) is 6.90. The summed E-state index contributed by atoms with van der Waals surface area (Å²) >= 11 is 7.45. The molecule has 2 atom stereocenters. The predicted octanol–water partition coefficient (Wildman–Crippen LogP) is 2.11. The summed E-state index contributed by atoms with van der Waals surface area (Å²) in [6, 6.07) is 6.19. The fourth-order valence-electron chi connectivity index (χ4n) is 4.84. The Hall–Kier alpha value is -3.12. The summed E-state index contributed by atoms with van der Waals surface area (Å²) in [4.78, 5) is 52.8. The van der Waals surface area contributed by atoms with Gasteiger partial charge in [-0.05, 0) is 37.1 Å². The number of fused-ring (bicyclic) bond motifs is 2. The van der Waals surface area contributed by atoms with Crippen LogP contribution < -0.4 is 10.6 Å². The Balaban J connectivity index is 1.33. The van der Waals surface area contributed by atoms with Gasteiger partial charge in [0.15, 0.2) is 5.01 Å². The van der Waals surface area contributed by atoms with Gasteiger partial charge in [0, 0.05) is 61.2 Å². The number of benzene rings is 1. The fourth-order valence-corrected chi connectivity index (χ4v) is 6.11. The fraction of sp³-hybridized carbons (Fsp3) is 0.423. The van der Waals surface area contributed by atoms with Crippen molar-refractivity contribution in [3.63, 3.8) is 0 Å². The molecule has 2 aromatic heterocycles. The van der Waals surface area contributed by atoms with Gasteiger partial charge < -0.3 is 25.2 Å². The molecule has 0 saturated carbocycles. The zero-order chi connectivity index (χ0) is 26.8. The van der Waals surface area contributed by atoms with Crippen molar-refractivity contribution >= 4 is 51.4 Å². The number of likely N-dealkylation sites (tertiary alicyclic amines) is 1. The van der Waals surface area contributed by atoms with Gasteiger partial charge in [0.25, 0.3) is 11.8 Å². The van der Waals surface area contributed by atoms with Crippen LogP contribution in [0.2, 0.25) is 5.02 Å². The summed E-state index contributed by atoms with van der Waals surface area (Å²) < 4.78 is 5.01. The van der Waals surface area contributed by atoms with Crippen molar-refractivity contribution in [1.29, 1.82) is 0 Å². The molecule has 3 amide bonds. The predicted molar refractivity (Wildman–Crippen MR) is 144 cm³/mol. The smallest absolute Gasteiger partial charge is 0.280 e. The van der Waals surface area contributed by atoms with E-state index in [9.17, 15) is 14.4 Å². The minimum atomic E-state index is -0.510. The number of amides is 3. The Kier molecular flexibility index (Phi) is 7.89. The molecule has 0 unspecified atom stereocenters. The average molecular weight is 557 g/mol. The zero-order valence-electron chi connectivity index (χ0n) is 21.2. The van der Waals surface area contributed by atoms with Crippen LogP contribution in [0.25, 0.3) is 10.8 Å². The minimum absolute atomic E-state index is 0.0462. The standard InChI is InChI=1S/C26H29ClN6O4S/c1-32-7-5-19-22(13-32)38-26(31-19)25(36)30-21-12-33(23(34)14-37-2)8-6-18(21)29-24(35)20-10-15-3-4-17(27)9-16(15)11-28-20/h3-4,9-11,18,21H,5-8,12-14H2,1-2H3,(H,29,35)(H,30,36)/t18-,21-/m0/s1. The van der Waals surface area contributed by atoms with E-state index in [-0.39, 0.29) is 36.6 Å². The van der Waals surface area contributed by atoms with Crippen LogP contribution in [0.5, 0.6) is 0 Å². The molecule has 3 aromatic rings. The number of nitrogens with one attached hydrogen (secondary N) is 2. The van der Waals surface area contributed by atoms with Gasteiger partial charge in [0.2, 0.25) is 5.91 Å². The Bertz CT molecular complexity index is 1380. The summed E-state index contributed by atoms with van der Waals surface area (Å²) in [5.41, 5.74) is 1.23. The number of carbonyl (C=O) groups excluding carboxylic acids is 3. The number of hydrogen-bond donors (Lipinski definition) is 2. The topological polar surface area (TPSA) is 117 Å². The zero-order valence-corrected chi connectivity index (χ0v) is 22.8. The molecule has 0 spiro atoms. The van der Waals surface area contributed by atoms with E-state index in [1.807, 2.05) is 13.1 Å². The lowest BCUT2D eigenvalue weighted by Gasteiger charge is -2.39. The molecule has 0 radical (unpaired) electrons. The van der Waals surface area contributed by atoms with Crippen molar-refractivity contribution in [2.45, 2.75) is 31.5 Å². The lowest BCUT2D eigenvalue weighted by atomic mass is 9.98. The first-order chi connectivity index (χ1) is 18.3. The molecule has 10 nitrogen and oxygen atoms in total. The number of likely N-dealkylation sites (N-methyl/N-ethyl adjacent to an activating group) is 1. The molecule has 1 aromatic carbocycles. The summed E-state index contributed by atoms with van der Waals surface area (Å²) in [7, 11) is 3.51. The highest BCUT2D eigenvalue weighted by atomic mass is 35.5. The molecule has 2 N–H and O–H groups in total. The second kappa shape index (κ2) is 11.3. The van der Waals surface area contributed by atoms with Crippen molar-refractivity contribution in [1.82, 2.24) is 30.4 Å². The number of rotatable bonds is 6.